The molecule has 172 valence electrons. The van der Waals surface area contributed by atoms with Crippen molar-refractivity contribution in [1.82, 2.24) is 14.5 Å². The van der Waals surface area contributed by atoms with Crippen LogP contribution in [0.3, 0.4) is 0 Å². The molecule has 0 bridgehead atoms. The van der Waals surface area contributed by atoms with Gasteiger partial charge in [-0.3, -0.25) is 9.36 Å². The second-order valence-corrected chi connectivity index (χ2v) is 9.76. The van der Waals surface area contributed by atoms with Crippen molar-refractivity contribution < 1.29 is 9.18 Å². The summed E-state index contributed by atoms with van der Waals surface area (Å²) < 4.78 is 15.5. The third kappa shape index (κ3) is 4.14. The lowest BCUT2D eigenvalue weighted by molar-refractivity contribution is -0.138. The first-order valence-electron chi connectivity index (χ1n) is 10.6. The maximum Gasteiger partial charge on any atom is 0.246 e. The highest BCUT2D eigenvalue weighted by atomic mass is 35.5. The molecule has 33 heavy (non-hydrogen) atoms. The lowest BCUT2D eigenvalue weighted by Gasteiger charge is -2.41. The van der Waals surface area contributed by atoms with E-state index in [0.29, 0.717) is 22.4 Å². The van der Waals surface area contributed by atoms with Crippen molar-refractivity contribution in [3.63, 3.8) is 0 Å². The number of nitrogens with zero attached hydrogens (tertiary/aromatic N) is 3. The van der Waals surface area contributed by atoms with E-state index in [1.54, 1.807) is 43.3 Å². The van der Waals surface area contributed by atoms with Gasteiger partial charge in [0.2, 0.25) is 5.91 Å². The van der Waals surface area contributed by atoms with Crippen LogP contribution in [0.1, 0.15) is 39.1 Å². The highest BCUT2D eigenvalue weighted by Crippen LogP contribution is 2.40. The molecule has 2 heterocycles. The number of halogens is 2. The van der Waals surface area contributed by atoms with Crippen LogP contribution < -0.4 is 11.1 Å². The second-order valence-electron chi connectivity index (χ2n) is 9.35. The highest BCUT2D eigenvalue weighted by molar-refractivity contribution is 6.31. The SMILES string of the molecule is Cc1cc(Nc2c(-c3ccc(F)cc3)nc3n2C=CN(C(=O)C(C)(C)N)C3(C)C)ccc1Cl. The second kappa shape index (κ2) is 8.01. The number of hydrogen-bond acceptors (Lipinski definition) is 4. The Morgan fingerprint density at radius 3 is 2.42 bits per heavy atom. The van der Waals surface area contributed by atoms with Gasteiger partial charge in [-0.05, 0) is 82.6 Å². The molecule has 0 spiro atoms. The summed E-state index contributed by atoms with van der Waals surface area (Å²) in [6, 6.07) is 11.8. The van der Waals surface area contributed by atoms with Crippen molar-refractivity contribution in [3.8, 4) is 11.3 Å². The fraction of sp³-hybridized carbons (Fsp3) is 0.280. The lowest BCUT2D eigenvalue weighted by Crippen LogP contribution is -2.56. The highest BCUT2D eigenvalue weighted by Gasteiger charge is 2.42. The van der Waals surface area contributed by atoms with E-state index in [1.165, 1.54) is 12.1 Å². The molecule has 1 aromatic heterocycles. The third-order valence-corrected chi connectivity index (χ3v) is 6.16. The number of rotatable bonds is 4. The van der Waals surface area contributed by atoms with E-state index in [4.69, 9.17) is 22.3 Å². The van der Waals surface area contributed by atoms with Crippen LogP contribution in [-0.4, -0.2) is 25.9 Å². The molecule has 4 rings (SSSR count). The molecule has 3 N–H and O–H groups in total. The van der Waals surface area contributed by atoms with Crippen molar-refractivity contribution in [2.45, 2.75) is 45.7 Å². The Labute approximate surface area is 197 Å². The van der Waals surface area contributed by atoms with Gasteiger partial charge in [0.1, 0.15) is 28.7 Å². The monoisotopic (exact) mass is 467 g/mol. The fourth-order valence-corrected chi connectivity index (χ4v) is 3.97. The normalized spacial score (nSPS) is 14.8. The molecule has 0 fully saturated rings. The number of imidazole rings is 1. The average molecular weight is 468 g/mol. The predicted molar refractivity (Wildman–Crippen MR) is 131 cm³/mol. The molecule has 0 saturated heterocycles. The third-order valence-electron chi connectivity index (χ3n) is 5.73. The molecule has 1 amide bonds. The molecule has 8 heteroatoms. The van der Waals surface area contributed by atoms with E-state index < -0.39 is 11.1 Å². The summed E-state index contributed by atoms with van der Waals surface area (Å²) in [6.07, 6.45) is 3.51. The lowest BCUT2D eigenvalue weighted by atomic mass is 9.96. The van der Waals surface area contributed by atoms with Crippen LogP contribution in [0.15, 0.2) is 48.7 Å². The van der Waals surface area contributed by atoms with Crippen LogP contribution in [0, 0.1) is 12.7 Å². The zero-order valence-corrected chi connectivity index (χ0v) is 20.0. The van der Waals surface area contributed by atoms with Gasteiger partial charge in [-0.1, -0.05) is 11.6 Å². The minimum Gasteiger partial charge on any atom is -0.339 e. The molecule has 0 saturated carbocycles. The van der Waals surface area contributed by atoms with Crippen molar-refractivity contribution in [2.24, 2.45) is 5.73 Å². The number of anilines is 2. The summed E-state index contributed by atoms with van der Waals surface area (Å²) in [5.74, 6) is 0.800. The molecule has 2 aromatic carbocycles. The van der Waals surface area contributed by atoms with Gasteiger partial charge in [0.25, 0.3) is 0 Å². The summed E-state index contributed by atoms with van der Waals surface area (Å²) in [6.45, 7) is 9.13. The van der Waals surface area contributed by atoms with E-state index >= 15 is 0 Å². The molecule has 1 aliphatic heterocycles. The predicted octanol–water partition coefficient (Wildman–Crippen LogP) is 5.64. The summed E-state index contributed by atoms with van der Waals surface area (Å²) in [5.41, 5.74) is 7.42. The van der Waals surface area contributed by atoms with Gasteiger partial charge in [0.05, 0.1) is 5.54 Å². The van der Waals surface area contributed by atoms with Crippen LogP contribution in [0.5, 0.6) is 0 Å². The molecule has 0 unspecified atom stereocenters. The Kier molecular flexibility index (Phi) is 5.58. The first-order valence-corrected chi connectivity index (χ1v) is 11.0. The molecule has 0 aliphatic carbocycles. The Balaban J connectivity index is 1.88. The van der Waals surface area contributed by atoms with Gasteiger partial charge in [-0.15, -0.1) is 0 Å². The van der Waals surface area contributed by atoms with Crippen LogP contribution in [0.2, 0.25) is 5.02 Å². The Morgan fingerprint density at radius 1 is 1.15 bits per heavy atom. The number of aromatic nitrogens is 2. The average Bonchev–Trinajstić information content (AvgIpc) is 3.10. The number of hydrogen-bond donors (Lipinski definition) is 2. The van der Waals surface area contributed by atoms with Crippen molar-refractivity contribution in [2.75, 3.05) is 5.32 Å². The van der Waals surface area contributed by atoms with Crippen molar-refractivity contribution in [1.29, 1.82) is 0 Å². The summed E-state index contributed by atoms with van der Waals surface area (Å²) in [4.78, 5) is 19.6. The zero-order valence-electron chi connectivity index (χ0n) is 19.3. The van der Waals surface area contributed by atoms with E-state index in [1.807, 2.05) is 43.5 Å². The molecular weight excluding hydrogens is 441 g/mol. The summed E-state index contributed by atoms with van der Waals surface area (Å²) in [5, 5.41) is 4.12. The number of aryl methyl sites for hydroxylation is 1. The number of fused-ring (bicyclic) bond motifs is 1. The van der Waals surface area contributed by atoms with Crippen LogP contribution >= 0.6 is 11.6 Å². The quantitative estimate of drug-likeness (QED) is 0.520. The number of benzene rings is 2. The van der Waals surface area contributed by atoms with Crippen LogP contribution in [0.25, 0.3) is 17.5 Å². The van der Waals surface area contributed by atoms with Crippen molar-refractivity contribution in [3.05, 3.63) is 70.9 Å². The molecule has 0 radical (unpaired) electrons. The van der Waals surface area contributed by atoms with Gasteiger partial charge in [-0.25, -0.2) is 9.37 Å². The van der Waals surface area contributed by atoms with E-state index in [-0.39, 0.29) is 11.7 Å². The van der Waals surface area contributed by atoms with E-state index in [9.17, 15) is 9.18 Å². The standard InChI is InChI=1S/C25H27ClFN5O/c1-15-14-18(10-11-19(15)26)29-21-20(16-6-8-17(27)9-7-16)30-22-25(4,5)32(13-12-31(21)22)23(33)24(2,3)28/h6-14,29H,28H2,1-5H3. The Bertz CT molecular complexity index is 1260. The zero-order chi connectivity index (χ0) is 24.1. The maximum absolute atomic E-state index is 13.6. The topological polar surface area (TPSA) is 76.2 Å². The van der Waals surface area contributed by atoms with E-state index in [0.717, 1.165) is 16.8 Å². The smallest absolute Gasteiger partial charge is 0.246 e. The van der Waals surface area contributed by atoms with Crippen molar-refractivity contribution >= 4 is 35.2 Å². The summed E-state index contributed by atoms with van der Waals surface area (Å²) >= 11 is 6.20. The van der Waals surface area contributed by atoms with Gasteiger partial charge in [0, 0.05) is 28.7 Å². The molecule has 1 aliphatic rings. The number of nitrogens with one attached hydrogen (secondary N) is 1. The minimum absolute atomic E-state index is 0.218. The molecule has 3 aromatic rings. The molecule has 0 atom stereocenters. The van der Waals surface area contributed by atoms with Crippen LogP contribution in [-0.2, 0) is 10.3 Å². The Hall–Kier alpha value is -3.16. The van der Waals surface area contributed by atoms with Gasteiger partial charge < -0.3 is 16.0 Å². The van der Waals surface area contributed by atoms with Crippen LogP contribution in [0.4, 0.5) is 15.9 Å². The molecule has 6 nitrogen and oxygen atoms in total. The minimum atomic E-state index is -1.04. The first kappa shape index (κ1) is 23.0. The Morgan fingerprint density at radius 2 is 1.82 bits per heavy atom. The number of carbonyl (C=O) groups is 1. The summed E-state index contributed by atoms with van der Waals surface area (Å²) in [7, 11) is 0. The number of amides is 1. The van der Waals surface area contributed by atoms with Gasteiger partial charge in [-0.2, -0.15) is 0 Å². The van der Waals surface area contributed by atoms with Gasteiger partial charge in [0.15, 0.2) is 0 Å². The molecular formula is C25H27ClFN5O. The number of carbonyl (C=O) groups excluding carboxylic acids is 1. The van der Waals surface area contributed by atoms with Gasteiger partial charge >= 0.3 is 0 Å². The largest absolute Gasteiger partial charge is 0.339 e. The number of nitrogens with two attached hydrogens (primary N) is 1. The fourth-order valence-electron chi connectivity index (χ4n) is 3.86. The first-order chi connectivity index (χ1) is 15.4. The van der Waals surface area contributed by atoms with E-state index in [2.05, 4.69) is 5.32 Å². The maximum atomic E-state index is 13.6.